The molecule has 0 aliphatic carbocycles. The summed E-state index contributed by atoms with van der Waals surface area (Å²) in [7, 11) is 6.20. The van der Waals surface area contributed by atoms with Crippen LogP contribution in [0, 0.1) is 0 Å². The zero-order chi connectivity index (χ0) is 19.1. The first-order valence-electron chi connectivity index (χ1n) is 8.43. The Kier molecular flexibility index (Phi) is 4.52. The second-order valence-electron chi connectivity index (χ2n) is 6.60. The highest BCUT2D eigenvalue weighted by Gasteiger charge is 2.55. The van der Waals surface area contributed by atoms with Gasteiger partial charge in [-0.3, -0.25) is 14.5 Å². The first-order chi connectivity index (χ1) is 12.4. The molecule has 0 unspecified atom stereocenters. The van der Waals surface area contributed by atoms with E-state index in [1.165, 1.54) is 26.2 Å². The van der Waals surface area contributed by atoms with E-state index in [9.17, 15) is 14.4 Å². The van der Waals surface area contributed by atoms with Gasteiger partial charge in [-0.1, -0.05) is 0 Å². The lowest BCUT2D eigenvalue weighted by Gasteiger charge is -2.40. The number of carbonyl (C=O) groups is 3. The van der Waals surface area contributed by atoms with E-state index >= 15 is 0 Å². The summed E-state index contributed by atoms with van der Waals surface area (Å²) in [4.78, 5) is 41.8. The molecule has 2 fully saturated rings. The number of likely N-dealkylation sites (tertiary alicyclic amines) is 1. The number of ether oxygens (including phenoxy) is 2. The lowest BCUT2D eigenvalue weighted by Crippen LogP contribution is -2.56. The van der Waals surface area contributed by atoms with Gasteiger partial charge in [-0.2, -0.15) is 0 Å². The molecule has 2 saturated heterocycles. The number of hydrogen-bond acceptors (Lipinski definition) is 5. The fourth-order valence-corrected chi connectivity index (χ4v) is 3.73. The summed E-state index contributed by atoms with van der Waals surface area (Å²) in [5.41, 5.74) is -0.335. The van der Waals surface area contributed by atoms with Crippen molar-refractivity contribution in [3.8, 4) is 11.5 Å². The minimum atomic E-state index is -0.833. The second-order valence-corrected chi connectivity index (χ2v) is 6.60. The molecule has 8 heteroatoms. The standard InChI is InChI=1S/C18H23N3O5/c1-19-16(23)18(20(2)17(19)24)7-9-21(10-8-18)15(22)12-5-6-13(25-3)14(11-12)26-4/h5-6,11H,7-10H2,1-4H3. The molecule has 2 heterocycles. The maximum atomic E-state index is 12.8. The normalized spacial score (nSPS) is 19.3. The Morgan fingerprint density at radius 2 is 1.65 bits per heavy atom. The van der Waals surface area contributed by atoms with Crippen LogP contribution in [0.3, 0.4) is 0 Å². The molecule has 1 aromatic rings. The minimum Gasteiger partial charge on any atom is -0.493 e. The molecule has 1 aromatic carbocycles. The van der Waals surface area contributed by atoms with Crippen molar-refractivity contribution in [2.75, 3.05) is 41.4 Å². The van der Waals surface area contributed by atoms with Crippen LogP contribution in [0.5, 0.6) is 11.5 Å². The molecular weight excluding hydrogens is 338 g/mol. The van der Waals surface area contributed by atoms with E-state index in [1.807, 2.05) is 0 Å². The molecule has 2 aliphatic heterocycles. The van der Waals surface area contributed by atoms with Crippen molar-refractivity contribution in [1.82, 2.24) is 14.7 Å². The first kappa shape index (κ1) is 18.0. The molecule has 0 saturated carbocycles. The average Bonchev–Trinajstić information content (AvgIpc) is 2.83. The summed E-state index contributed by atoms with van der Waals surface area (Å²) in [6, 6.07) is 4.74. The summed E-state index contributed by atoms with van der Waals surface area (Å²) in [6.07, 6.45) is 0.856. The van der Waals surface area contributed by atoms with Crippen molar-refractivity contribution >= 4 is 17.8 Å². The molecule has 1 spiro atoms. The van der Waals surface area contributed by atoms with Crippen LogP contribution >= 0.6 is 0 Å². The van der Waals surface area contributed by atoms with Crippen LogP contribution in [0.2, 0.25) is 0 Å². The summed E-state index contributed by atoms with van der Waals surface area (Å²) in [5.74, 6) is 0.725. The third kappa shape index (κ3) is 2.56. The van der Waals surface area contributed by atoms with E-state index in [0.29, 0.717) is 43.0 Å². The number of nitrogens with zero attached hydrogens (tertiary/aromatic N) is 3. The monoisotopic (exact) mass is 361 g/mol. The Morgan fingerprint density at radius 1 is 1.04 bits per heavy atom. The van der Waals surface area contributed by atoms with Crippen LogP contribution in [-0.2, 0) is 4.79 Å². The topological polar surface area (TPSA) is 79.4 Å². The molecule has 26 heavy (non-hydrogen) atoms. The van der Waals surface area contributed by atoms with E-state index < -0.39 is 5.54 Å². The van der Waals surface area contributed by atoms with Gasteiger partial charge in [-0.15, -0.1) is 0 Å². The lowest BCUT2D eigenvalue weighted by atomic mass is 9.86. The smallest absolute Gasteiger partial charge is 0.327 e. The maximum absolute atomic E-state index is 12.8. The highest BCUT2D eigenvalue weighted by Crippen LogP contribution is 2.36. The zero-order valence-corrected chi connectivity index (χ0v) is 15.4. The predicted octanol–water partition coefficient (Wildman–Crippen LogP) is 1.20. The van der Waals surface area contributed by atoms with Crippen LogP contribution in [0.1, 0.15) is 23.2 Å². The Bertz CT molecular complexity index is 755. The summed E-state index contributed by atoms with van der Waals surface area (Å²) < 4.78 is 10.4. The number of rotatable bonds is 3. The fraction of sp³-hybridized carbons (Fsp3) is 0.500. The Balaban J connectivity index is 1.75. The third-order valence-electron chi connectivity index (χ3n) is 5.43. The number of piperidine rings is 1. The van der Waals surface area contributed by atoms with E-state index in [4.69, 9.17) is 9.47 Å². The van der Waals surface area contributed by atoms with Crippen molar-refractivity contribution < 1.29 is 23.9 Å². The van der Waals surface area contributed by atoms with Crippen molar-refractivity contribution in [2.24, 2.45) is 0 Å². The van der Waals surface area contributed by atoms with Gasteiger partial charge in [0.1, 0.15) is 5.54 Å². The average molecular weight is 361 g/mol. The van der Waals surface area contributed by atoms with E-state index in [0.717, 1.165) is 4.90 Å². The maximum Gasteiger partial charge on any atom is 0.327 e. The van der Waals surface area contributed by atoms with Crippen molar-refractivity contribution in [1.29, 1.82) is 0 Å². The number of imide groups is 1. The van der Waals surface area contributed by atoms with Crippen molar-refractivity contribution in [2.45, 2.75) is 18.4 Å². The SMILES string of the molecule is COc1ccc(C(=O)N2CCC3(CC2)C(=O)N(C)C(=O)N3C)cc1OC. The molecule has 0 N–H and O–H groups in total. The van der Waals surface area contributed by atoms with Gasteiger partial charge in [0.2, 0.25) is 0 Å². The van der Waals surface area contributed by atoms with Gasteiger partial charge in [-0.25, -0.2) is 4.79 Å². The number of hydrogen-bond donors (Lipinski definition) is 0. The number of amides is 4. The van der Waals surface area contributed by atoms with Gasteiger partial charge < -0.3 is 19.3 Å². The number of benzene rings is 1. The number of likely N-dealkylation sites (N-methyl/N-ethyl adjacent to an activating group) is 2. The Morgan fingerprint density at radius 3 is 2.15 bits per heavy atom. The van der Waals surface area contributed by atoms with Crippen LogP contribution in [-0.4, -0.2) is 79.5 Å². The molecular formula is C18H23N3O5. The second kappa shape index (κ2) is 6.51. The van der Waals surface area contributed by atoms with Gasteiger partial charge >= 0.3 is 6.03 Å². The molecule has 140 valence electrons. The number of methoxy groups -OCH3 is 2. The van der Waals surface area contributed by atoms with Gasteiger partial charge in [0, 0.05) is 32.7 Å². The summed E-state index contributed by atoms with van der Waals surface area (Å²) in [6.45, 7) is 0.814. The summed E-state index contributed by atoms with van der Waals surface area (Å²) in [5, 5.41) is 0. The zero-order valence-electron chi connectivity index (χ0n) is 15.4. The molecule has 0 aromatic heterocycles. The van der Waals surface area contributed by atoms with E-state index in [-0.39, 0.29) is 17.8 Å². The Labute approximate surface area is 152 Å². The van der Waals surface area contributed by atoms with Crippen molar-refractivity contribution in [3.05, 3.63) is 23.8 Å². The highest BCUT2D eigenvalue weighted by atomic mass is 16.5. The quantitative estimate of drug-likeness (QED) is 0.756. The number of urea groups is 1. The van der Waals surface area contributed by atoms with Crippen LogP contribution in [0.4, 0.5) is 4.79 Å². The molecule has 0 atom stereocenters. The lowest BCUT2D eigenvalue weighted by molar-refractivity contribution is -0.134. The molecule has 3 rings (SSSR count). The van der Waals surface area contributed by atoms with Crippen LogP contribution in [0.25, 0.3) is 0 Å². The van der Waals surface area contributed by atoms with Crippen molar-refractivity contribution in [3.63, 3.8) is 0 Å². The highest BCUT2D eigenvalue weighted by molar-refractivity contribution is 6.07. The number of carbonyl (C=O) groups excluding carboxylic acids is 3. The Hall–Kier alpha value is -2.77. The van der Waals surface area contributed by atoms with Gasteiger partial charge in [0.15, 0.2) is 11.5 Å². The first-order valence-corrected chi connectivity index (χ1v) is 8.43. The molecule has 2 aliphatic rings. The van der Waals surface area contributed by atoms with Crippen LogP contribution in [0.15, 0.2) is 18.2 Å². The fourth-order valence-electron chi connectivity index (χ4n) is 3.73. The molecule has 0 bridgehead atoms. The third-order valence-corrected chi connectivity index (χ3v) is 5.43. The van der Waals surface area contributed by atoms with Crippen LogP contribution < -0.4 is 9.47 Å². The summed E-state index contributed by atoms with van der Waals surface area (Å²) >= 11 is 0. The van der Waals surface area contributed by atoms with E-state index in [2.05, 4.69) is 0 Å². The van der Waals surface area contributed by atoms with Gasteiger partial charge in [0.25, 0.3) is 11.8 Å². The minimum absolute atomic E-state index is 0.131. The molecule has 4 amide bonds. The van der Waals surface area contributed by atoms with E-state index in [1.54, 1.807) is 30.1 Å². The predicted molar refractivity (Wildman–Crippen MR) is 93.3 cm³/mol. The van der Waals surface area contributed by atoms with Gasteiger partial charge in [-0.05, 0) is 31.0 Å². The largest absolute Gasteiger partial charge is 0.493 e. The molecule has 8 nitrogen and oxygen atoms in total. The van der Waals surface area contributed by atoms with Gasteiger partial charge in [0.05, 0.1) is 14.2 Å². The molecule has 0 radical (unpaired) electrons.